The van der Waals surface area contributed by atoms with E-state index in [-0.39, 0.29) is 0 Å². The van der Waals surface area contributed by atoms with E-state index in [2.05, 4.69) is 37.2 Å². The van der Waals surface area contributed by atoms with Crippen molar-refractivity contribution < 1.29 is 0 Å². The quantitative estimate of drug-likeness (QED) is 0.674. The largest absolute Gasteiger partial charge is 0.303 e. The lowest BCUT2D eigenvalue weighted by molar-refractivity contribution is 0.261. The molecule has 0 aliphatic carbocycles. The van der Waals surface area contributed by atoms with Gasteiger partial charge in [-0.3, -0.25) is 5.32 Å². The third kappa shape index (κ3) is 5.21. The SMILES string of the molecule is CCCNC(C)(C#N)CN(C)CCC. The van der Waals surface area contributed by atoms with E-state index in [9.17, 15) is 0 Å². The van der Waals surface area contributed by atoms with Crippen LogP contribution in [0.4, 0.5) is 0 Å². The standard InChI is InChI=1S/C11H23N3/c1-5-7-13-11(3,9-12)10-14(4)8-6-2/h13H,5-8,10H2,1-4H3. The first-order valence-electron chi connectivity index (χ1n) is 5.42. The van der Waals surface area contributed by atoms with E-state index >= 15 is 0 Å². The van der Waals surface area contributed by atoms with Crippen molar-refractivity contribution >= 4 is 0 Å². The summed E-state index contributed by atoms with van der Waals surface area (Å²) in [6, 6.07) is 2.35. The fraction of sp³-hybridized carbons (Fsp3) is 0.909. The van der Waals surface area contributed by atoms with E-state index in [1.54, 1.807) is 0 Å². The zero-order valence-electron chi connectivity index (χ0n) is 9.93. The molecule has 1 N–H and O–H groups in total. The van der Waals surface area contributed by atoms with Gasteiger partial charge in [-0.15, -0.1) is 0 Å². The van der Waals surface area contributed by atoms with E-state index in [0.29, 0.717) is 0 Å². The zero-order valence-corrected chi connectivity index (χ0v) is 9.93. The fourth-order valence-corrected chi connectivity index (χ4v) is 1.53. The van der Waals surface area contributed by atoms with Gasteiger partial charge in [0.2, 0.25) is 0 Å². The molecule has 0 aromatic carbocycles. The molecule has 0 saturated heterocycles. The summed E-state index contributed by atoms with van der Waals surface area (Å²) in [6.45, 7) is 8.97. The van der Waals surface area contributed by atoms with Gasteiger partial charge in [-0.25, -0.2) is 0 Å². The van der Waals surface area contributed by atoms with E-state index in [0.717, 1.165) is 32.5 Å². The molecule has 0 bridgehead atoms. The van der Waals surface area contributed by atoms with Crippen LogP contribution < -0.4 is 5.32 Å². The van der Waals surface area contributed by atoms with Gasteiger partial charge in [0.05, 0.1) is 6.07 Å². The molecule has 0 radical (unpaired) electrons. The van der Waals surface area contributed by atoms with Crippen LogP contribution in [0.2, 0.25) is 0 Å². The first kappa shape index (κ1) is 13.4. The topological polar surface area (TPSA) is 39.1 Å². The summed E-state index contributed by atoms with van der Waals surface area (Å²) < 4.78 is 0. The van der Waals surface area contributed by atoms with Gasteiger partial charge in [-0.2, -0.15) is 5.26 Å². The van der Waals surface area contributed by atoms with Crippen LogP contribution in [0.1, 0.15) is 33.6 Å². The van der Waals surface area contributed by atoms with Crippen LogP contribution in [0.15, 0.2) is 0 Å². The lowest BCUT2D eigenvalue weighted by atomic mass is 10.0. The number of rotatable bonds is 7. The molecular weight excluding hydrogens is 174 g/mol. The lowest BCUT2D eigenvalue weighted by Crippen LogP contribution is -2.49. The maximum Gasteiger partial charge on any atom is 0.116 e. The van der Waals surface area contributed by atoms with Crippen molar-refractivity contribution in [1.29, 1.82) is 5.26 Å². The van der Waals surface area contributed by atoms with E-state index in [4.69, 9.17) is 5.26 Å². The number of nitrogens with zero attached hydrogens (tertiary/aromatic N) is 2. The second kappa shape index (κ2) is 6.80. The van der Waals surface area contributed by atoms with Gasteiger partial charge >= 0.3 is 0 Å². The number of hydrogen-bond donors (Lipinski definition) is 1. The second-order valence-corrected chi connectivity index (χ2v) is 4.11. The zero-order chi connectivity index (χ0) is 11.0. The Morgan fingerprint density at radius 3 is 2.43 bits per heavy atom. The molecule has 0 amide bonds. The number of nitrogens with one attached hydrogen (secondary N) is 1. The van der Waals surface area contributed by atoms with Crippen molar-refractivity contribution in [3.63, 3.8) is 0 Å². The van der Waals surface area contributed by atoms with Crippen LogP contribution in [0.25, 0.3) is 0 Å². The molecule has 0 fully saturated rings. The number of hydrogen-bond acceptors (Lipinski definition) is 3. The highest BCUT2D eigenvalue weighted by molar-refractivity contribution is 5.05. The van der Waals surface area contributed by atoms with Gasteiger partial charge in [-0.05, 0) is 39.9 Å². The van der Waals surface area contributed by atoms with Crippen molar-refractivity contribution in [3.05, 3.63) is 0 Å². The molecule has 0 aromatic rings. The summed E-state index contributed by atoms with van der Waals surface area (Å²) in [5.41, 5.74) is -0.403. The van der Waals surface area contributed by atoms with E-state index in [1.165, 1.54) is 0 Å². The molecule has 0 heterocycles. The van der Waals surface area contributed by atoms with Crippen molar-refractivity contribution in [2.45, 2.75) is 39.2 Å². The fourth-order valence-electron chi connectivity index (χ4n) is 1.53. The molecule has 0 rings (SSSR count). The van der Waals surface area contributed by atoms with Gasteiger partial charge in [0, 0.05) is 6.54 Å². The van der Waals surface area contributed by atoms with Crippen molar-refractivity contribution in [1.82, 2.24) is 10.2 Å². The van der Waals surface area contributed by atoms with Crippen LogP contribution in [0, 0.1) is 11.3 Å². The van der Waals surface area contributed by atoms with Crippen molar-refractivity contribution in [2.75, 3.05) is 26.7 Å². The summed E-state index contributed by atoms with van der Waals surface area (Å²) in [7, 11) is 2.06. The number of nitriles is 1. The van der Waals surface area contributed by atoms with Crippen LogP contribution in [-0.2, 0) is 0 Å². The summed E-state index contributed by atoms with van der Waals surface area (Å²) in [5, 5.41) is 12.4. The minimum atomic E-state index is -0.403. The molecule has 0 spiro atoms. The third-order valence-electron chi connectivity index (χ3n) is 2.20. The molecule has 1 unspecified atom stereocenters. The summed E-state index contributed by atoms with van der Waals surface area (Å²) in [5.74, 6) is 0. The maximum atomic E-state index is 9.09. The molecule has 0 aliphatic rings. The smallest absolute Gasteiger partial charge is 0.116 e. The maximum absolute atomic E-state index is 9.09. The van der Waals surface area contributed by atoms with Crippen LogP contribution in [0.5, 0.6) is 0 Å². The summed E-state index contributed by atoms with van der Waals surface area (Å²) >= 11 is 0. The molecule has 3 nitrogen and oxygen atoms in total. The number of likely N-dealkylation sites (N-methyl/N-ethyl adjacent to an activating group) is 1. The third-order valence-corrected chi connectivity index (χ3v) is 2.20. The molecule has 0 saturated carbocycles. The highest BCUT2D eigenvalue weighted by atomic mass is 15.1. The van der Waals surface area contributed by atoms with Crippen LogP contribution in [0.3, 0.4) is 0 Å². The Labute approximate surface area is 88.1 Å². The normalized spacial score (nSPS) is 15.1. The molecule has 1 atom stereocenters. The monoisotopic (exact) mass is 197 g/mol. The average molecular weight is 197 g/mol. The van der Waals surface area contributed by atoms with Crippen molar-refractivity contribution in [3.8, 4) is 6.07 Å². The van der Waals surface area contributed by atoms with E-state index in [1.807, 2.05) is 6.92 Å². The predicted octanol–water partition coefficient (Wildman–Crippen LogP) is 1.61. The highest BCUT2D eigenvalue weighted by Gasteiger charge is 2.23. The van der Waals surface area contributed by atoms with Gasteiger partial charge in [0.25, 0.3) is 0 Å². The Morgan fingerprint density at radius 2 is 2.00 bits per heavy atom. The Morgan fingerprint density at radius 1 is 1.36 bits per heavy atom. The van der Waals surface area contributed by atoms with E-state index < -0.39 is 5.54 Å². The van der Waals surface area contributed by atoms with Gasteiger partial charge in [0.15, 0.2) is 0 Å². The van der Waals surface area contributed by atoms with Crippen LogP contribution in [-0.4, -0.2) is 37.1 Å². The summed E-state index contributed by atoms with van der Waals surface area (Å²) in [6.07, 6.45) is 2.19. The Bertz CT molecular complexity index is 185. The van der Waals surface area contributed by atoms with Gasteiger partial charge in [0.1, 0.15) is 5.54 Å². The second-order valence-electron chi connectivity index (χ2n) is 4.11. The Kier molecular flexibility index (Phi) is 6.52. The first-order chi connectivity index (χ1) is 6.58. The van der Waals surface area contributed by atoms with Gasteiger partial charge in [-0.1, -0.05) is 13.8 Å². The predicted molar refractivity (Wildman–Crippen MR) is 60.1 cm³/mol. The average Bonchev–Trinajstić information content (AvgIpc) is 2.15. The Hall–Kier alpha value is -0.590. The Balaban J connectivity index is 4.05. The van der Waals surface area contributed by atoms with Gasteiger partial charge < -0.3 is 4.90 Å². The molecule has 3 heteroatoms. The molecule has 0 aromatic heterocycles. The molecular formula is C11H23N3. The molecule has 0 aliphatic heterocycles. The molecule has 82 valence electrons. The molecule has 14 heavy (non-hydrogen) atoms. The van der Waals surface area contributed by atoms with Crippen molar-refractivity contribution in [2.24, 2.45) is 0 Å². The lowest BCUT2D eigenvalue weighted by Gasteiger charge is -2.28. The minimum Gasteiger partial charge on any atom is -0.303 e. The first-order valence-corrected chi connectivity index (χ1v) is 5.42. The van der Waals surface area contributed by atoms with Crippen LogP contribution >= 0.6 is 0 Å². The summed E-state index contributed by atoms with van der Waals surface area (Å²) in [4.78, 5) is 2.20. The highest BCUT2D eigenvalue weighted by Crippen LogP contribution is 2.04. The minimum absolute atomic E-state index is 0.403.